The Bertz CT molecular complexity index is 878. The van der Waals surface area contributed by atoms with Gasteiger partial charge in [-0.3, -0.25) is 4.79 Å². The Morgan fingerprint density at radius 3 is 2.52 bits per heavy atom. The fraction of sp³-hybridized carbons (Fsp3) is 0.200. The van der Waals surface area contributed by atoms with E-state index in [1.807, 2.05) is 0 Å². The van der Waals surface area contributed by atoms with Crippen LogP contribution in [0.5, 0.6) is 0 Å². The molecular weight excluding hydrogens is 388 g/mol. The first kappa shape index (κ1) is 19.4. The Balaban J connectivity index is 1.90. The minimum Gasteiger partial charge on any atom is -0.449 e. The lowest BCUT2D eigenvalue weighted by molar-refractivity contribution is -0.129. The molecule has 0 bridgehead atoms. The van der Waals surface area contributed by atoms with Crippen molar-refractivity contribution >= 4 is 44.8 Å². The highest BCUT2D eigenvalue weighted by molar-refractivity contribution is 7.91. The van der Waals surface area contributed by atoms with E-state index in [1.54, 1.807) is 24.3 Å². The number of thiophene rings is 1. The van der Waals surface area contributed by atoms with Crippen LogP contribution in [0.15, 0.2) is 39.9 Å². The largest absolute Gasteiger partial charge is 0.449 e. The molecule has 10 heteroatoms. The van der Waals surface area contributed by atoms with Gasteiger partial charge in [-0.2, -0.15) is 0 Å². The average Bonchev–Trinajstić information content (AvgIpc) is 3.04. The molecule has 0 fully saturated rings. The van der Waals surface area contributed by atoms with Gasteiger partial charge in [0.2, 0.25) is 10.0 Å². The van der Waals surface area contributed by atoms with E-state index < -0.39 is 28.0 Å². The van der Waals surface area contributed by atoms with Crippen molar-refractivity contribution in [2.24, 2.45) is 5.14 Å². The number of nitrogens with one attached hydrogen (secondary N) is 1. The third-order valence-electron chi connectivity index (χ3n) is 3.12. The number of carbonyl (C=O) groups excluding carboxylic acids is 2. The molecule has 0 aliphatic carbocycles. The van der Waals surface area contributed by atoms with Crippen molar-refractivity contribution in [3.63, 3.8) is 0 Å². The van der Waals surface area contributed by atoms with Crippen molar-refractivity contribution in [2.45, 2.75) is 23.8 Å². The number of primary sulfonamides is 1. The molecule has 1 unspecified atom stereocenters. The Morgan fingerprint density at radius 2 is 1.96 bits per heavy atom. The van der Waals surface area contributed by atoms with Gasteiger partial charge in [-0.1, -0.05) is 23.7 Å². The van der Waals surface area contributed by atoms with Crippen molar-refractivity contribution in [3.8, 4) is 0 Å². The Labute approximate surface area is 153 Å². The van der Waals surface area contributed by atoms with Crippen molar-refractivity contribution in [1.29, 1.82) is 0 Å². The molecule has 1 heterocycles. The van der Waals surface area contributed by atoms with Crippen LogP contribution in [0.25, 0.3) is 0 Å². The van der Waals surface area contributed by atoms with Crippen LogP contribution in [0.3, 0.4) is 0 Å². The summed E-state index contributed by atoms with van der Waals surface area (Å²) in [5, 5.41) is 9.51. The highest BCUT2D eigenvalue weighted by Crippen LogP contribution is 2.20. The van der Waals surface area contributed by atoms with Gasteiger partial charge in [0.15, 0.2) is 6.10 Å². The van der Waals surface area contributed by atoms with Gasteiger partial charge in [-0.15, -0.1) is 11.3 Å². The zero-order valence-corrected chi connectivity index (χ0v) is 15.5. The lowest BCUT2D eigenvalue weighted by atomic mass is 10.2. The van der Waals surface area contributed by atoms with E-state index in [2.05, 4.69) is 5.32 Å². The minimum atomic E-state index is -3.88. The van der Waals surface area contributed by atoms with Crippen LogP contribution in [-0.2, 0) is 26.1 Å². The lowest BCUT2D eigenvalue weighted by Crippen LogP contribution is -2.35. The highest BCUT2D eigenvalue weighted by atomic mass is 35.5. The molecule has 0 saturated heterocycles. The minimum absolute atomic E-state index is 0.0198. The summed E-state index contributed by atoms with van der Waals surface area (Å²) < 4.78 is 27.3. The third kappa shape index (κ3) is 5.53. The number of nitrogens with two attached hydrogens (primary N) is 1. The van der Waals surface area contributed by atoms with Gasteiger partial charge in [0.25, 0.3) is 5.91 Å². The van der Waals surface area contributed by atoms with E-state index >= 15 is 0 Å². The van der Waals surface area contributed by atoms with Gasteiger partial charge in [-0.25, -0.2) is 18.4 Å². The number of carbonyl (C=O) groups is 2. The summed E-state index contributed by atoms with van der Waals surface area (Å²) in [5.41, 5.74) is 0.860. The normalized spacial score (nSPS) is 12.4. The molecular formula is C15H15ClN2O5S2. The number of esters is 1. The first-order valence-corrected chi connectivity index (χ1v) is 9.81. The second kappa shape index (κ2) is 7.96. The fourth-order valence-electron chi connectivity index (χ4n) is 1.79. The van der Waals surface area contributed by atoms with Crippen LogP contribution in [0.4, 0.5) is 0 Å². The van der Waals surface area contributed by atoms with Crippen LogP contribution >= 0.6 is 22.9 Å². The first-order valence-electron chi connectivity index (χ1n) is 7.01. The zero-order chi connectivity index (χ0) is 18.6. The maximum absolute atomic E-state index is 12.0. The maximum atomic E-state index is 12.0. The van der Waals surface area contributed by atoms with Gasteiger partial charge < -0.3 is 10.1 Å². The number of rotatable bonds is 6. The van der Waals surface area contributed by atoms with Crippen LogP contribution in [-0.4, -0.2) is 26.4 Å². The summed E-state index contributed by atoms with van der Waals surface area (Å²) in [6.45, 7) is 1.67. The van der Waals surface area contributed by atoms with E-state index in [-0.39, 0.29) is 16.3 Å². The molecule has 0 aliphatic heterocycles. The Kier molecular flexibility index (Phi) is 6.17. The Morgan fingerprint density at radius 1 is 1.32 bits per heavy atom. The van der Waals surface area contributed by atoms with E-state index in [0.717, 1.165) is 23.0 Å². The summed E-state index contributed by atoms with van der Waals surface area (Å²) >= 11 is 6.58. The number of hydrogen-bond donors (Lipinski definition) is 2. The quantitative estimate of drug-likeness (QED) is 0.716. The molecule has 0 spiro atoms. The van der Waals surface area contributed by atoms with E-state index in [0.29, 0.717) is 5.02 Å². The summed E-state index contributed by atoms with van der Waals surface area (Å²) in [6.07, 6.45) is -1.04. The zero-order valence-electron chi connectivity index (χ0n) is 13.1. The molecule has 134 valence electrons. The van der Waals surface area contributed by atoms with Crippen molar-refractivity contribution in [3.05, 3.63) is 51.9 Å². The molecule has 3 N–H and O–H groups in total. The second-order valence-corrected chi connectivity index (χ2v) is 8.23. The number of benzene rings is 1. The Hall–Kier alpha value is -1.94. The average molecular weight is 403 g/mol. The first-order chi connectivity index (χ1) is 11.7. The van der Waals surface area contributed by atoms with Gasteiger partial charge in [0.05, 0.1) is 5.56 Å². The molecule has 0 saturated carbocycles. The molecule has 0 aliphatic rings. The summed E-state index contributed by atoms with van der Waals surface area (Å²) in [5.74, 6) is -1.29. The molecule has 2 rings (SSSR count). The molecule has 0 radical (unpaired) electrons. The van der Waals surface area contributed by atoms with Gasteiger partial charge in [0, 0.05) is 16.9 Å². The molecule has 1 aromatic carbocycles. The molecule has 1 amide bonds. The van der Waals surface area contributed by atoms with E-state index in [9.17, 15) is 18.0 Å². The molecule has 1 atom stereocenters. The summed E-state index contributed by atoms with van der Waals surface area (Å²) in [7, 11) is -3.88. The molecule has 2 aromatic rings. The van der Waals surface area contributed by atoms with Crippen molar-refractivity contribution in [1.82, 2.24) is 5.32 Å². The SMILES string of the molecule is CC(OC(=O)c1csc(S(N)(=O)=O)c1)C(=O)NCc1ccc(Cl)cc1. The molecule has 1 aromatic heterocycles. The van der Waals surface area contributed by atoms with Crippen molar-refractivity contribution in [2.75, 3.05) is 0 Å². The maximum Gasteiger partial charge on any atom is 0.339 e. The third-order valence-corrected chi connectivity index (χ3v) is 5.76. The number of sulfonamides is 1. The number of ether oxygens (including phenoxy) is 1. The smallest absolute Gasteiger partial charge is 0.339 e. The predicted octanol–water partition coefficient (Wildman–Crippen LogP) is 1.91. The number of hydrogen-bond acceptors (Lipinski definition) is 6. The highest BCUT2D eigenvalue weighted by Gasteiger charge is 2.21. The summed E-state index contributed by atoms with van der Waals surface area (Å²) in [6, 6.07) is 8.04. The predicted molar refractivity (Wildman–Crippen MR) is 93.9 cm³/mol. The van der Waals surface area contributed by atoms with Crippen LogP contribution in [0.1, 0.15) is 22.8 Å². The van der Waals surface area contributed by atoms with Gasteiger partial charge >= 0.3 is 5.97 Å². The second-order valence-electron chi connectivity index (χ2n) is 5.09. The standard InChI is InChI=1S/C15H15ClN2O5S2/c1-9(14(19)18-7-10-2-4-12(16)5-3-10)23-15(20)11-6-13(24-8-11)25(17,21)22/h2-6,8-9H,7H2,1H3,(H,18,19)(H2,17,21,22). The van der Waals surface area contributed by atoms with Crippen molar-refractivity contribution < 1.29 is 22.7 Å². The van der Waals surface area contributed by atoms with Crippen LogP contribution in [0.2, 0.25) is 5.02 Å². The van der Waals surface area contributed by atoms with E-state index in [1.165, 1.54) is 12.3 Å². The number of amides is 1. The van der Waals surface area contributed by atoms with E-state index in [4.69, 9.17) is 21.5 Å². The monoisotopic (exact) mass is 402 g/mol. The lowest BCUT2D eigenvalue weighted by Gasteiger charge is -2.13. The molecule has 25 heavy (non-hydrogen) atoms. The van der Waals surface area contributed by atoms with Crippen LogP contribution in [0, 0.1) is 0 Å². The van der Waals surface area contributed by atoms with Crippen LogP contribution < -0.4 is 10.5 Å². The molecule has 7 nitrogen and oxygen atoms in total. The number of halogens is 1. The topological polar surface area (TPSA) is 116 Å². The van der Waals surface area contributed by atoms with Gasteiger partial charge in [-0.05, 0) is 30.7 Å². The fourth-order valence-corrected chi connectivity index (χ4v) is 3.49. The summed E-state index contributed by atoms with van der Waals surface area (Å²) in [4.78, 5) is 24.0. The van der Waals surface area contributed by atoms with Gasteiger partial charge in [0.1, 0.15) is 4.21 Å².